The molecule has 4 N–H and O–H groups in total. The van der Waals surface area contributed by atoms with Gasteiger partial charge in [-0.1, -0.05) is 0 Å². The van der Waals surface area contributed by atoms with Gasteiger partial charge in [-0.2, -0.15) is 0 Å². The molecule has 0 saturated carbocycles. The van der Waals surface area contributed by atoms with Gasteiger partial charge >= 0.3 is 0 Å². The number of rotatable bonds is 7. The Balaban J connectivity index is 1.86. The number of nitrogens with one attached hydrogen (secondary N) is 2. The molecule has 23 heavy (non-hydrogen) atoms. The van der Waals surface area contributed by atoms with Gasteiger partial charge in [-0.05, 0) is 43.3 Å². The summed E-state index contributed by atoms with van der Waals surface area (Å²) in [7, 11) is 0. The summed E-state index contributed by atoms with van der Waals surface area (Å²) in [5, 5.41) is 5.27. The molecule has 7 nitrogen and oxygen atoms in total. The number of nitrogens with two attached hydrogens (primary N) is 1. The summed E-state index contributed by atoms with van der Waals surface area (Å²) in [5.74, 6) is 0.0578. The van der Waals surface area contributed by atoms with Crippen molar-refractivity contribution in [2.24, 2.45) is 5.73 Å². The summed E-state index contributed by atoms with van der Waals surface area (Å²) < 4.78 is 10.3. The standard InChI is InChI=1S/C16H19N3O4/c1-11(18-16(21)14-3-2-9-23-14)15(20)19-12-4-6-13(7-5-12)22-10-8-17/h2-7,9,11H,8,10,17H2,1H3,(H,18,21)(H,19,20). The molecule has 2 amide bonds. The third-order valence-corrected chi connectivity index (χ3v) is 2.99. The number of benzene rings is 1. The summed E-state index contributed by atoms with van der Waals surface area (Å²) >= 11 is 0. The van der Waals surface area contributed by atoms with Crippen molar-refractivity contribution in [3.05, 3.63) is 48.4 Å². The maximum Gasteiger partial charge on any atom is 0.287 e. The predicted octanol–water partition coefficient (Wildman–Crippen LogP) is 1.37. The Morgan fingerprint density at radius 2 is 2.00 bits per heavy atom. The van der Waals surface area contributed by atoms with E-state index >= 15 is 0 Å². The SMILES string of the molecule is CC(NC(=O)c1ccco1)C(=O)Nc1ccc(OCCN)cc1. The lowest BCUT2D eigenvalue weighted by Gasteiger charge is -2.13. The fraction of sp³-hybridized carbons (Fsp3) is 0.250. The van der Waals surface area contributed by atoms with Crippen LogP contribution in [0.1, 0.15) is 17.5 Å². The quantitative estimate of drug-likeness (QED) is 0.715. The van der Waals surface area contributed by atoms with E-state index in [0.717, 1.165) is 0 Å². The fourth-order valence-corrected chi connectivity index (χ4v) is 1.80. The molecule has 1 heterocycles. The minimum absolute atomic E-state index is 0.158. The van der Waals surface area contributed by atoms with E-state index < -0.39 is 11.9 Å². The van der Waals surface area contributed by atoms with Gasteiger partial charge in [0.05, 0.1) is 6.26 Å². The van der Waals surface area contributed by atoms with Gasteiger partial charge in [0, 0.05) is 12.2 Å². The van der Waals surface area contributed by atoms with Crippen molar-refractivity contribution in [3.8, 4) is 5.75 Å². The van der Waals surface area contributed by atoms with Crippen LogP contribution in [-0.2, 0) is 4.79 Å². The Hall–Kier alpha value is -2.80. The van der Waals surface area contributed by atoms with E-state index in [1.54, 1.807) is 37.3 Å². The van der Waals surface area contributed by atoms with Crippen molar-refractivity contribution in [2.45, 2.75) is 13.0 Å². The third kappa shape index (κ3) is 4.86. The lowest BCUT2D eigenvalue weighted by atomic mass is 10.2. The molecule has 122 valence electrons. The van der Waals surface area contributed by atoms with Crippen molar-refractivity contribution in [2.75, 3.05) is 18.5 Å². The molecule has 2 rings (SSSR count). The van der Waals surface area contributed by atoms with E-state index in [2.05, 4.69) is 10.6 Å². The first-order valence-corrected chi connectivity index (χ1v) is 7.18. The number of hydrogen-bond acceptors (Lipinski definition) is 5. The highest BCUT2D eigenvalue weighted by atomic mass is 16.5. The Kier molecular flexibility index (Phi) is 5.76. The van der Waals surface area contributed by atoms with Crippen LogP contribution in [0, 0.1) is 0 Å². The van der Waals surface area contributed by atoms with Crippen LogP contribution in [-0.4, -0.2) is 31.0 Å². The zero-order valence-corrected chi connectivity index (χ0v) is 12.7. The van der Waals surface area contributed by atoms with Crippen molar-refractivity contribution in [1.29, 1.82) is 0 Å². The molecule has 0 aliphatic heterocycles. The average molecular weight is 317 g/mol. The number of ether oxygens (including phenoxy) is 1. The Labute approximate surface area is 133 Å². The maximum absolute atomic E-state index is 12.1. The van der Waals surface area contributed by atoms with E-state index in [9.17, 15) is 9.59 Å². The van der Waals surface area contributed by atoms with Crippen LogP contribution in [0.5, 0.6) is 5.75 Å². The maximum atomic E-state index is 12.1. The number of carbonyl (C=O) groups excluding carboxylic acids is 2. The Morgan fingerprint density at radius 3 is 2.61 bits per heavy atom. The second-order valence-corrected chi connectivity index (χ2v) is 4.82. The molecule has 7 heteroatoms. The number of hydrogen-bond donors (Lipinski definition) is 3. The summed E-state index contributed by atoms with van der Waals surface area (Å²) in [4.78, 5) is 23.9. The molecular weight excluding hydrogens is 298 g/mol. The van der Waals surface area contributed by atoms with Gasteiger partial charge in [-0.3, -0.25) is 9.59 Å². The lowest BCUT2D eigenvalue weighted by molar-refractivity contribution is -0.117. The van der Waals surface area contributed by atoms with Crippen molar-refractivity contribution in [1.82, 2.24) is 5.32 Å². The molecule has 0 aliphatic carbocycles. The van der Waals surface area contributed by atoms with Crippen molar-refractivity contribution < 1.29 is 18.7 Å². The zero-order valence-electron chi connectivity index (χ0n) is 12.7. The molecule has 1 unspecified atom stereocenters. The highest BCUT2D eigenvalue weighted by Gasteiger charge is 2.18. The van der Waals surface area contributed by atoms with Gasteiger partial charge in [0.25, 0.3) is 5.91 Å². The summed E-state index contributed by atoms with van der Waals surface area (Å²) in [6.45, 7) is 2.46. The highest BCUT2D eigenvalue weighted by molar-refractivity contribution is 5.99. The molecule has 0 radical (unpaired) electrons. The summed E-state index contributed by atoms with van der Waals surface area (Å²) in [6.07, 6.45) is 1.40. The Bertz CT molecular complexity index is 638. The van der Waals surface area contributed by atoms with Crippen LogP contribution in [0.2, 0.25) is 0 Å². The van der Waals surface area contributed by atoms with E-state index in [4.69, 9.17) is 14.9 Å². The van der Waals surface area contributed by atoms with E-state index in [0.29, 0.717) is 24.6 Å². The van der Waals surface area contributed by atoms with Gasteiger partial charge in [0.1, 0.15) is 18.4 Å². The van der Waals surface area contributed by atoms with Crippen LogP contribution in [0.15, 0.2) is 47.1 Å². The number of anilines is 1. The molecule has 0 bridgehead atoms. The van der Waals surface area contributed by atoms with Crippen LogP contribution in [0.4, 0.5) is 5.69 Å². The normalized spacial score (nSPS) is 11.6. The summed E-state index contributed by atoms with van der Waals surface area (Å²) in [5.41, 5.74) is 5.96. The fourth-order valence-electron chi connectivity index (χ4n) is 1.80. The molecule has 0 aliphatic rings. The third-order valence-electron chi connectivity index (χ3n) is 2.99. The molecule has 0 saturated heterocycles. The molecule has 2 aromatic rings. The van der Waals surface area contributed by atoms with Crippen LogP contribution in [0.3, 0.4) is 0 Å². The first kappa shape index (κ1) is 16.6. The molecule has 1 aromatic heterocycles. The highest BCUT2D eigenvalue weighted by Crippen LogP contribution is 2.15. The average Bonchev–Trinajstić information content (AvgIpc) is 3.08. The molecule has 0 spiro atoms. The number of furan rings is 1. The minimum Gasteiger partial charge on any atom is -0.492 e. The molecular formula is C16H19N3O4. The van der Waals surface area contributed by atoms with Crippen LogP contribution in [0.25, 0.3) is 0 Å². The monoisotopic (exact) mass is 317 g/mol. The molecule has 1 atom stereocenters. The van der Waals surface area contributed by atoms with Gasteiger partial charge in [0.15, 0.2) is 5.76 Å². The first-order chi connectivity index (χ1) is 11.1. The van der Waals surface area contributed by atoms with Gasteiger partial charge in [0.2, 0.25) is 5.91 Å². The Morgan fingerprint density at radius 1 is 1.26 bits per heavy atom. The smallest absolute Gasteiger partial charge is 0.287 e. The predicted molar refractivity (Wildman–Crippen MR) is 85.3 cm³/mol. The number of carbonyl (C=O) groups is 2. The zero-order chi connectivity index (χ0) is 16.7. The first-order valence-electron chi connectivity index (χ1n) is 7.18. The molecule has 1 aromatic carbocycles. The second-order valence-electron chi connectivity index (χ2n) is 4.82. The van der Waals surface area contributed by atoms with Crippen LogP contribution < -0.4 is 21.1 Å². The lowest BCUT2D eigenvalue weighted by Crippen LogP contribution is -2.41. The topological polar surface area (TPSA) is 107 Å². The summed E-state index contributed by atoms with van der Waals surface area (Å²) in [6, 6.07) is 9.32. The largest absolute Gasteiger partial charge is 0.492 e. The van der Waals surface area contributed by atoms with Crippen LogP contribution >= 0.6 is 0 Å². The number of amides is 2. The second kappa shape index (κ2) is 8.00. The minimum atomic E-state index is -0.708. The van der Waals surface area contributed by atoms with E-state index in [-0.39, 0.29) is 11.7 Å². The van der Waals surface area contributed by atoms with Gasteiger partial charge in [-0.15, -0.1) is 0 Å². The molecule has 0 fully saturated rings. The van der Waals surface area contributed by atoms with E-state index in [1.165, 1.54) is 12.3 Å². The van der Waals surface area contributed by atoms with Gasteiger partial charge < -0.3 is 25.5 Å². The van der Waals surface area contributed by atoms with E-state index in [1.807, 2.05) is 0 Å². The van der Waals surface area contributed by atoms with Crippen molar-refractivity contribution >= 4 is 17.5 Å². The van der Waals surface area contributed by atoms with Gasteiger partial charge in [-0.25, -0.2) is 0 Å². The van der Waals surface area contributed by atoms with Crippen molar-refractivity contribution in [3.63, 3.8) is 0 Å².